The van der Waals surface area contributed by atoms with Crippen LogP contribution in [-0.2, 0) is 6.61 Å². The Labute approximate surface area is 96.4 Å². The van der Waals surface area contributed by atoms with E-state index in [2.05, 4.69) is 32.0 Å². The van der Waals surface area contributed by atoms with Crippen LogP contribution in [0, 0.1) is 13.8 Å². The molecule has 0 atom stereocenters. The molecule has 0 aromatic heterocycles. The van der Waals surface area contributed by atoms with Crippen molar-refractivity contribution in [3.05, 3.63) is 59.2 Å². The molecule has 2 aromatic rings. The first-order valence-electron chi connectivity index (χ1n) is 5.49. The summed E-state index contributed by atoms with van der Waals surface area (Å²) in [4.78, 5) is 0. The average Bonchev–Trinajstić information content (AvgIpc) is 2.33. The van der Waals surface area contributed by atoms with Crippen LogP contribution >= 0.6 is 0 Å². The van der Waals surface area contributed by atoms with Gasteiger partial charge in [0.1, 0.15) is 0 Å². The van der Waals surface area contributed by atoms with Gasteiger partial charge in [0.2, 0.25) is 0 Å². The summed E-state index contributed by atoms with van der Waals surface area (Å²) in [5, 5.41) is 9.22. The molecular formula is C15H16O. The first kappa shape index (κ1) is 10.9. The summed E-state index contributed by atoms with van der Waals surface area (Å²) in [6.07, 6.45) is 0. The molecule has 2 rings (SSSR count). The third-order valence-corrected chi connectivity index (χ3v) is 2.99. The van der Waals surface area contributed by atoms with Crippen molar-refractivity contribution in [3.63, 3.8) is 0 Å². The van der Waals surface area contributed by atoms with Crippen LogP contribution in [0.25, 0.3) is 11.1 Å². The van der Waals surface area contributed by atoms with Gasteiger partial charge in [-0.15, -0.1) is 0 Å². The molecule has 0 fully saturated rings. The van der Waals surface area contributed by atoms with E-state index in [4.69, 9.17) is 0 Å². The molecule has 0 bridgehead atoms. The molecular weight excluding hydrogens is 196 g/mol. The van der Waals surface area contributed by atoms with Crippen LogP contribution in [0.15, 0.2) is 42.5 Å². The first-order chi connectivity index (χ1) is 7.72. The van der Waals surface area contributed by atoms with E-state index in [9.17, 15) is 5.11 Å². The number of aliphatic hydroxyl groups is 1. The third-order valence-electron chi connectivity index (χ3n) is 2.99. The van der Waals surface area contributed by atoms with Crippen molar-refractivity contribution in [1.82, 2.24) is 0 Å². The summed E-state index contributed by atoms with van der Waals surface area (Å²) in [6.45, 7) is 4.31. The van der Waals surface area contributed by atoms with Crippen LogP contribution in [0.4, 0.5) is 0 Å². The molecule has 0 aliphatic rings. The lowest BCUT2D eigenvalue weighted by Gasteiger charge is -2.11. The molecule has 0 aliphatic heterocycles. The van der Waals surface area contributed by atoms with Crippen LogP contribution < -0.4 is 0 Å². The van der Waals surface area contributed by atoms with E-state index in [1.807, 2.05) is 24.3 Å². The summed E-state index contributed by atoms with van der Waals surface area (Å²) in [5.74, 6) is 0. The van der Waals surface area contributed by atoms with Crippen molar-refractivity contribution in [1.29, 1.82) is 0 Å². The van der Waals surface area contributed by atoms with E-state index in [1.54, 1.807) is 0 Å². The second kappa shape index (κ2) is 4.50. The lowest BCUT2D eigenvalue weighted by atomic mass is 9.94. The zero-order valence-electron chi connectivity index (χ0n) is 9.70. The van der Waals surface area contributed by atoms with Gasteiger partial charge in [0, 0.05) is 0 Å². The number of benzene rings is 2. The zero-order chi connectivity index (χ0) is 11.5. The standard InChI is InChI=1S/C15H16O/c1-11-8-13(10-16)9-15(12(11)2)14-6-4-3-5-7-14/h3-9,16H,10H2,1-2H3. The minimum atomic E-state index is 0.0982. The van der Waals surface area contributed by atoms with Gasteiger partial charge in [-0.25, -0.2) is 0 Å². The lowest BCUT2D eigenvalue weighted by Crippen LogP contribution is -1.92. The van der Waals surface area contributed by atoms with Gasteiger partial charge in [-0.2, -0.15) is 0 Å². The largest absolute Gasteiger partial charge is 0.392 e. The van der Waals surface area contributed by atoms with Crippen LogP contribution in [-0.4, -0.2) is 5.11 Å². The highest BCUT2D eigenvalue weighted by atomic mass is 16.3. The second-order valence-electron chi connectivity index (χ2n) is 4.11. The Morgan fingerprint density at radius 3 is 2.31 bits per heavy atom. The molecule has 0 aliphatic carbocycles. The second-order valence-corrected chi connectivity index (χ2v) is 4.11. The highest BCUT2D eigenvalue weighted by Crippen LogP contribution is 2.27. The molecule has 0 heterocycles. The maximum Gasteiger partial charge on any atom is 0.0682 e. The Balaban J connectivity index is 2.60. The predicted octanol–water partition coefficient (Wildman–Crippen LogP) is 3.46. The van der Waals surface area contributed by atoms with E-state index in [0.29, 0.717) is 0 Å². The molecule has 1 heteroatoms. The van der Waals surface area contributed by atoms with Crippen LogP contribution in [0.3, 0.4) is 0 Å². The average molecular weight is 212 g/mol. The van der Waals surface area contributed by atoms with Crippen LogP contribution in [0.1, 0.15) is 16.7 Å². The number of hydrogen-bond acceptors (Lipinski definition) is 1. The molecule has 0 radical (unpaired) electrons. The minimum Gasteiger partial charge on any atom is -0.392 e. The van der Waals surface area contributed by atoms with Crippen molar-refractivity contribution < 1.29 is 5.11 Å². The van der Waals surface area contributed by atoms with Crippen molar-refractivity contribution in [2.45, 2.75) is 20.5 Å². The molecule has 0 amide bonds. The highest BCUT2D eigenvalue weighted by Gasteiger charge is 2.05. The Bertz CT molecular complexity index is 486. The van der Waals surface area contributed by atoms with Crippen LogP contribution in [0.5, 0.6) is 0 Å². The third kappa shape index (κ3) is 2.00. The summed E-state index contributed by atoms with van der Waals surface area (Å²) in [7, 11) is 0. The van der Waals surface area contributed by atoms with Crippen molar-refractivity contribution in [2.24, 2.45) is 0 Å². The fraction of sp³-hybridized carbons (Fsp3) is 0.200. The van der Waals surface area contributed by atoms with Gasteiger partial charge >= 0.3 is 0 Å². The van der Waals surface area contributed by atoms with E-state index >= 15 is 0 Å². The topological polar surface area (TPSA) is 20.2 Å². The summed E-state index contributed by atoms with van der Waals surface area (Å²) < 4.78 is 0. The lowest BCUT2D eigenvalue weighted by molar-refractivity contribution is 0.282. The molecule has 82 valence electrons. The smallest absolute Gasteiger partial charge is 0.0682 e. The van der Waals surface area contributed by atoms with Crippen molar-refractivity contribution >= 4 is 0 Å². The highest BCUT2D eigenvalue weighted by molar-refractivity contribution is 5.69. The SMILES string of the molecule is Cc1cc(CO)cc(-c2ccccc2)c1C. The van der Waals surface area contributed by atoms with E-state index in [1.165, 1.54) is 22.3 Å². The van der Waals surface area contributed by atoms with Gasteiger partial charge in [0.05, 0.1) is 6.61 Å². The normalized spacial score (nSPS) is 10.4. The van der Waals surface area contributed by atoms with Crippen molar-refractivity contribution in [3.8, 4) is 11.1 Å². The molecule has 16 heavy (non-hydrogen) atoms. The Hall–Kier alpha value is -1.60. The quantitative estimate of drug-likeness (QED) is 0.808. The molecule has 0 unspecified atom stereocenters. The summed E-state index contributed by atoms with van der Waals surface area (Å²) >= 11 is 0. The fourth-order valence-electron chi connectivity index (χ4n) is 1.94. The zero-order valence-corrected chi connectivity index (χ0v) is 9.70. The van der Waals surface area contributed by atoms with E-state index in [0.717, 1.165) is 5.56 Å². The number of aryl methyl sites for hydroxylation is 1. The summed E-state index contributed by atoms with van der Waals surface area (Å²) in [6, 6.07) is 14.4. The van der Waals surface area contributed by atoms with Gasteiger partial charge in [0.15, 0.2) is 0 Å². The molecule has 0 saturated carbocycles. The fourth-order valence-corrected chi connectivity index (χ4v) is 1.94. The number of rotatable bonds is 2. The molecule has 0 saturated heterocycles. The molecule has 0 spiro atoms. The molecule has 2 aromatic carbocycles. The summed E-state index contributed by atoms with van der Waals surface area (Å²) in [5.41, 5.74) is 5.90. The van der Waals surface area contributed by atoms with Crippen molar-refractivity contribution in [2.75, 3.05) is 0 Å². The maximum atomic E-state index is 9.22. The van der Waals surface area contributed by atoms with E-state index < -0.39 is 0 Å². The predicted molar refractivity (Wildman–Crippen MR) is 67.3 cm³/mol. The van der Waals surface area contributed by atoms with Gasteiger partial charge in [-0.1, -0.05) is 36.4 Å². The van der Waals surface area contributed by atoms with Crippen LogP contribution in [0.2, 0.25) is 0 Å². The first-order valence-corrected chi connectivity index (χ1v) is 5.49. The van der Waals surface area contributed by atoms with Gasteiger partial charge in [0.25, 0.3) is 0 Å². The maximum absolute atomic E-state index is 9.22. The van der Waals surface area contributed by atoms with Gasteiger partial charge in [-0.3, -0.25) is 0 Å². The van der Waals surface area contributed by atoms with Gasteiger partial charge in [-0.05, 0) is 47.7 Å². The Kier molecular flexibility index (Phi) is 3.07. The number of aliphatic hydroxyl groups excluding tert-OH is 1. The monoisotopic (exact) mass is 212 g/mol. The Morgan fingerprint density at radius 2 is 1.69 bits per heavy atom. The number of hydrogen-bond donors (Lipinski definition) is 1. The Morgan fingerprint density at radius 1 is 1.00 bits per heavy atom. The molecule has 1 nitrogen and oxygen atoms in total. The molecule has 1 N–H and O–H groups in total. The van der Waals surface area contributed by atoms with Gasteiger partial charge < -0.3 is 5.11 Å². The van der Waals surface area contributed by atoms with E-state index in [-0.39, 0.29) is 6.61 Å². The minimum absolute atomic E-state index is 0.0982.